The molecule has 0 aliphatic heterocycles. The summed E-state index contributed by atoms with van der Waals surface area (Å²) in [5.74, 6) is 1.65. The van der Waals surface area contributed by atoms with Crippen molar-refractivity contribution in [3.63, 3.8) is 0 Å². The van der Waals surface area contributed by atoms with Crippen molar-refractivity contribution >= 4 is 28.5 Å². The lowest BCUT2D eigenvalue weighted by Gasteiger charge is -2.22. The standard InChI is InChI=1S/C35H41N5O6/c1-19(2)32(35(43)36-16-15-30-38-25-9-7-8-10-26(25)39-30)40-27-14-12-22-23(18-28(27)42)24(37-20(3)41)13-11-21-17-29(44-4)33(45-5)34(46-6)31(21)22/h7-10,12,14,17-19,24,32H,11,13,15-16H2,1-6H3,(H,36,43)(H,37,41)(H,38,39)(H,40,42)/t24-,32+/m1/s1. The minimum atomic E-state index is -0.678. The van der Waals surface area contributed by atoms with E-state index in [0.717, 1.165) is 28.0 Å². The minimum Gasteiger partial charge on any atom is -0.493 e. The number of fused-ring (bicyclic) bond motifs is 4. The molecule has 1 aliphatic carbocycles. The zero-order chi connectivity index (χ0) is 33.0. The average molecular weight is 628 g/mol. The number of amides is 2. The number of aryl methyl sites for hydroxylation is 1. The average Bonchev–Trinajstić information content (AvgIpc) is 3.31. The summed E-state index contributed by atoms with van der Waals surface area (Å²) in [6.07, 6.45) is 1.68. The number of H-pyrrole nitrogens is 1. The zero-order valence-electron chi connectivity index (χ0n) is 27.1. The van der Waals surface area contributed by atoms with E-state index in [2.05, 4.69) is 25.9 Å². The Labute approximate surface area is 268 Å². The van der Waals surface area contributed by atoms with Crippen LogP contribution in [0.2, 0.25) is 0 Å². The Morgan fingerprint density at radius 3 is 2.46 bits per heavy atom. The number of carbonyl (C=O) groups is 2. The van der Waals surface area contributed by atoms with E-state index in [0.29, 0.717) is 54.2 Å². The zero-order valence-corrected chi connectivity index (χ0v) is 27.1. The summed E-state index contributed by atoms with van der Waals surface area (Å²) in [7, 11) is 4.67. The number of methoxy groups -OCH3 is 3. The van der Waals surface area contributed by atoms with Crippen LogP contribution in [0, 0.1) is 5.92 Å². The minimum absolute atomic E-state index is 0.126. The molecular weight excluding hydrogens is 586 g/mol. The molecule has 2 amide bonds. The van der Waals surface area contributed by atoms with Crippen molar-refractivity contribution in [2.45, 2.75) is 52.1 Å². The third-order valence-corrected chi connectivity index (χ3v) is 8.28. The van der Waals surface area contributed by atoms with Gasteiger partial charge in [0, 0.05) is 25.5 Å². The lowest BCUT2D eigenvalue weighted by Crippen LogP contribution is -2.44. The monoisotopic (exact) mass is 627 g/mol. The first kappa shape index (κ1) is 32.3. The third kappa shape index (κ3) is 6.63. The summed E-state index contributed by atoms with van der Waals surface area (Å²) < 4.78 is 17.1. The number of nitrogens with zero attached hydrogens (tertiary/aromatic N) is 1. The number of hydrogen-bond donors (Lipinski definition) is 4. The van der Waals surface area contributed by atoms with E-state index >= 15 is 0 Å². The maximum atomic E-state index is 13.8. The number of hydrogen-bond acceptors (Lipinski definition) is 8. The Morgan fingerprint density at radius 2 is 1.78 bits per heavy atom. The van der Waals surface area contributed by atoms with Gasteiger partial charge < -0.3 is 35.1 Å². The quantitative estimate of drug-likeness (QED) is 0.190. The van der Waals surface area contributed by atoms with Gasteiger partial charge in [-0.2, -0.15) is 0 Å². The van der Waals surface area contributed by atoms with Gasteiger partial charge in [-0.25, -0.2) is 4.98 Å². The van der Waals surface area contributed by atoms with Gasteiger partial charge in [0.2, 0.25) is 23.0 Å². The molecule has 0 saturated heterocycles. The Balaban J connectivity index is 1.48. The highest BCUT2D eigenvalue weighted by Gasteiger charge is 2.30. The Hall–Kier alpha value is -5.06. The van der Waals surface area contributed by atoms with Crippen molar-refractivity contribution < 1.29 is 23.8 Å². The molecule has 5 rings (SSSR count). The number of carbonyl (C=O) groups excluding carboxylic acids is 2. The first-order valence-electron chi connectivity index (χ1n) is 15.4. The molecule has 2 atom stereocenters. The number of aromatic amines is 1. The molecule has 4 aromatic rings. The highest BCUT2D eigenvalue weighted by Crippen LogP contribution is 2.50. The van der Waals surface area contributed by atoms with Crippen LogP contribution in [-0.2, 0) is 22.4 Å². The number of aromatic nitrogens is 2. The molecular formula is C35H41N5O6. The normalized spacial score (nSPS) is 14.5. The molecule has 46 heavy (non-hydrogen) atoms. The van der Waals surface area contributed by atoms with Crippen molar-refractivity contribution in [2.75, 3.05) is 33.2 Å². The summed E-state index contributed by atoms with van der Waals surface area (Å²) in [4.78, 5) is 47.3. The maximum absolute atomic E-state index is 13.8. The number of nitrogens with one attached hydrogen (secondary N) is 4. The molecule has 11 nitrogen and oxygen atoms in total. The second kappa shape index (κ2) is 13.9. The Kier molecular flexibility index (Phi) is 9.79. The number of anilines is 1. The fraction of sp³-hybridized carbons (Fsp3) is 0.371. The molecule has 4 N–H and O–H groups in total. The Bertz CT molecular complexity index is 1780. The maximum Gasteiger partial charge on any atom is 0.242 e. The van der Waals surface area contributed by atoms with Gasteiger partial charge in [0.05, 0.1) is 44.1 Å². The SMILES string of the molecule is COc1cc2c(c(OC)c1OC)-c1ccc(N[C@H](C(=O)NCCc3nc4ccccc4[nH]3)C(C)C)c(=O)cc1[C@H](NC(C)=O)CC2. The van der Waals surface area contributed by atoms with Crippen molar-refractivity contribution in [3.8, 4) is 28.4 Å². The number of rotatable bonds is 11. The van der Waals surface area contributed by atoms with Crippen LogP contribution in [0.15, 0.2) is 53.3 Å². The van der Waals surface area contributed by atoms with Gasteiger partial charge >= 0.3 is 0 Å². The topological polar surface area (TPSA) is 144 Å². The number of benzene rings is 2. The number of imidazole rings is 1. The van der Waals surface area contributed by atoms with Crippen LogP contribution in [0.25, 0.3) is 22.2 Å². The smallest absolute Gasteiger partial charge is 0.242 e. The molecule has 242 valence electrons. The molecule has 0 saturated carbocycles. The van der Waals surface area contributed by atoms with E-state index in [4.69, 9.17) is 14.2 Å². The van der Waals surface area contributed by atoms with Crippen LogP contribution in [0.3, 0.4) is 0 Å². The van der Waals surface area contributed by atoms with Crippen LogP contribution < -0.4 is 35.6 Å². The van der Waals surface area contributed by atoms with Crippen LogP contribution in [0.1, 0.15) is 50.2 Å². The van der Waals surface area contributed by atoms with Crippen molar-refractivity contribution in [2.24, 2.45) is 5.92 Å². The molecule has 0 fully saturated rings. The number of ether oxygens (including phenoxy) is 3. The van der Waals surface area contributed by atoms with E-state index in [1.54, 1.807) is 33.5 Å². The highest BCUT2D eigenvalue weighted by atomic mass is 16.5. The second-order valence-corrected chi connectivity index (χ2v) is 11.7. The molecule has 11 heteroatoms. The van der Waals surface area contributed by atoms with Crippen molar-refractivity contribution in [1.82, 2.24) is 20.6 Å². The second-order valence-electron chi connectivity index (χ2n) is 11.7. The fourth-order valence-electron chi connectivity index (χ4n) is 6.07. The highest BCUT2D eigenvalue weighted by molar-refractivity contribution is 5.86. The van der Waals surface area contributed by atoms with E-state index < -0.39 is 12.1 Å². The molecule has 0 bridgehead atoms. The van der Waals surface area contributed by atoms with Gasteiger partial charge in [-0.15, -0.1) is 0 Å². The summed E-state index contributed by atoms with van der Waals surface area (Å²) in [6, 6.07) is 13.6. The first-order chi connectivity index (χ1) is 22.1. The van der Waals surface area contributed by atoms with E-state index in [9.17, 15) is 14.4 Å². The molecule has 1 heterocycles. The fourth-order valence-corrected chi connectivity index (χ4v) is 6.07. The first-order valence-corrected chi connectivity index (χ1v) is 15.4. The molecule has 0 radical (unpaired) electrons. The molecule has 1 aliphatic rings. The summed E-state index contributed by atoms with van der Waals surface area (Å²) in [5.41, 5.74) is 4.83. The largest absolute Gasteiger partial charge is 0.493 e. The van der Waals surface area contributed by atoms with E-state index in [1.807, 2.05) is 50.2 Å². The lowest BCUT2D eigenvalue weighted by molar-refractivity contribution is -0.122. The van der Waals surface area contributed by atoms with Gasteiger partial charge in [0.25, 0.3) is 0 Å². The summed E-state index contributed by atoms with van der Waals surface area (Å²) in [5, 5.41) is 9.22. The van der Waals surface area contributed by atoms with Crippen LogP contribution in [0.4, 0.5) is 5.69 Å². The van der Waals surface area contributed by atoms with Crippen LogP contribution in [0.5, 0.6) is 17.2 Å². The summed E-state index contributed by atoms with van der Waals surface area (Å²) >= 11 is 0. The van der Waals surface area contributed by atoms with Crippen LogP contribution >= 0.6 is 0 Å². The lowest BCUT2D eigenvalue weighted by atomic mass is 9.95. The number of para-hydroxylation sites is 2. The van der Waals surface area contributed by atoms with E-state index in [1.165, 1.54) is 6.92 Å². The third-order valence-electron chi connectivity index (χ3n) is 8.28. The van der Waals surface area contributed by atoms with E-state index in [-0.39, 0.29) is 28.8 Å². The van der Waals surface area contributed by atoms with Crippen LogP contribution in [-0.4, -0.2) is 55.7 Å². The summed E-state index contributed by atoms with van der Waals surface area (Å²) in [6.45, 7) is 5.68. The van der Waals surface area contributed by atoms with Gasteiger partial charge in [-0.05, 0) is 65.8 Å². The van der Waals surface area contributed by atoms with Crippen molar-refractivity contribution in [1.29, 1.82) is 0 Å². The Morgan fingerprint density at radius 1 is 1.02 bits per heavy atom. The predicted octanol–water partition coefficient (Wildman–Crippen LogP) is 4.53. The van der Waals surface area contributed by atoms with Crippen molar-refractivity contribution in [3.05, 3.63) is 75.7 Å². The molecule has 1 aromatic heterocycles. The molecule has 0 unspecified atom stereocenters. The molecule has 0 spiro atoms. The predicted molar refractivity (Wildman–Crippen MR) is 178 cm³/mol. The van der Waals surface area contributed by atoms with Gasteiger partial charge in [-0.1, -0.05) is 32.0 Å². The molecule has 3 aromatic carbocycles. The van der Waals surface area contributed by atoms with Gasteiger partial charge in [-0.3, -0.25) is 14.4 Å². The van der Waals surface area contributed by atoms with Gasteiger partial charge in [0.1, 0.15) is 11.9 Å². The van der Waals surface area contributed by atoms with Gasteiger partial charge in [0.15, 0.2) is 11.5 Å².